The molecule has 0 aromatic heterocycles. The van der Waals surface area contributed by atoms with Gasteiger partial charge in [0.25, 0.3) is 23.6 Å². The zero-order valence-electron chi connectivity index (χ0n) is 30.5. The Kier molecular flexibility index (Phi) is 9.44. The highest BCUT2D eigenvalue weighted by atomic mass is 16.2. The molecule has 0 spiro atoms. The van der Waals surface area contributed by atoms with E-state index in [2.05, 4.69) is 38.6 Å². The molecule has 0 saturated carbocycles. The predicted octanol–water partition coefficient (Wildman–Crippen LogP) is 10.6. The number of carbonyl (C=O) groups excluding carboxylic acids is 4. The van der Waals surface area contributed by atoms with Crippen LogP contribution in [0.1, 0.15) is 139 Å². The number of unbranched alkanes of at least 4 members (excludes halogenated alkanes) is 2. The minimum absolute atomic E-state index is 0.157. The fourth-order valence-electron chi connectivity index (χ4n) is 9.03. The van der Waals surface area contributed by atoms with Crippen LogP contribution in [0.4, 0.5) is 5.69 Å². The van der Waals surface area contributed by atoms with Gasteiger partial charge in [-0.25, -0.2) is 4.85 Å². The molecule has 0 radical (unpaired) electrons. The van der Waals surface area contributed by atoms with Gasteiger partial charge in [-0.15, -0.1) is 0 Å². The van der Waals surface area contributed by atoms with Gasteiger partial charge in [-0.2, -0.15) is 5.26 Å². The van der Waals surface area contributed by atoms with Gasteiger partial charge >= 0.3 is 0 Å². The van der Waals surface area contributed by atoms with E-state index < -0.39 is 11.8 Å². The number of hydrogen-bond acceptors (Lipinski definition) is 5. The average molecular weight is 693 g/mol. The van der Waals surface area contributed by atoms with Gasteiger partial charge in [-0.05, 0) is 88.7 Å². The molecule has 7 rings (SSSR count). The molecule has 2 heterocycles. The van der Waals surface area contributed by atoms with Crippen LogP contribution in [0.2, 0.25) is 0 Å². The van der Waals surface area contributed by atoms with Crippen molar-refractivity contribution >= 4 is 72.4 Å². The molecular formula is C44H44N4O4. The van der Waals surface area contributed by atoms with E-state index in [9.17, 15) is 24.4 Å². The second kappa shape index (κ2) is 14.0. The zero-order valence-corrected chi connectivity index (χ0v) is 30.5. The van der Waals surface area contributed by atoms with E-state index in [1.54, 1.807) is 24.3 Å². The van der Waals surface area contributed by atoms with E-state index >= 15 is 0 Å². The Bertz CT molecular complexity index is 2260. The van der Waals surface area contributed by atoms with E-state index in [1.807, 2.05) is 12.1 Å². The summed E-state index contributed by atoms with van der Waals surface area (Å²) < 4.78 is 0. The van der Waals surface area contributed by atoms with Gasteiger partial charge in [-0.3, -0.25) is 29.0 Å². The molecule has 2 aliphatic heterocycles. The van der Waals surface area contributed by atoms with Crippen LogP contribution < -0.4 is 0 Å². The lowest BCUT2D eigenvalue weighted by molar-refractivity contribution is 0.0563. The highest BCUT2D eigenvalue weighted by Crippen LogP contribution is 2.50. The first-order chi connectivity index (χ1) is 25.2. The highest BCUT2D eigenvalue weighted by molar-refractivity contribution is 6.43. The van der Waals surface area contributed by atoms with Crippen LogP contribution in [0.25, 0.3) is 47.9 Å². The molecule has 5 aromatic carbocycles. The fraction of sp³-hybridized carbons (Fsp3) is 0.409. The highest BCUT2D eigenvalue weighted by Gasteiger charge is 2.39. The smallest absolute Gasteiger partial charge is 0.261 e. The van der Waals surface area contributed by atoms with Crippen LogP contribution in [-0.2, 0) is 0 Å². The van der Waals surface area contributed by atoms with Crippen molar-refractivity contribution < 1.29 is 19.2 Å². The van der Waals surface area contributed by atoms with Gasteiger partial charge in [0.2, 0.25) is 0 Å². The van der Waals surface area contributed by atoms with Gasteiger partial charge in [0.15, 0.2) is 5.69 Å². The molecule has 2 atom stereocenters. The minimum Gasteiger partial charge on any atom is -0.274 e. The largest absolute Gasteiger partial charge is 0.274 e. The topological polar surface area (TPSA) is 103 Å². The summed E-state index contributed by atoms with van der Waals surface area (Å²) in [5, 5.41) is 15.1. The minimum atomic E-state index is -0.424. The molecule has 0 saturated heterocycles. The maximum Gasteiger partial charge on any atom is 0.261 e. The Morgan fingerprint density at radius 2 is 1.08 bits per heavy atom. The summed E-state index contributed by atoms with van der Waals surface area (Å²) in [4.78, 5) is 63.6. The quantitative estimate of drug-likeness (QED) is 0.0499. The van der Waals surface area contributed by atoms with Crippen molar-refractivity contribution in [3.63, 3.8) is 0 Å². The number of hydrogen-bond donors (Lipinski definition) is 0. The van der Waals surface area contributed by atoms with Crippen molar-refractivity contribution in [2.75, 3.05) is 13.1 Å². The molecule has 52 heavy (non-hydrogen) atoms. The normalized spacial score (nSPS) is 15.3. The van der Waals surface area contributed by atoms with Crippen molar-refractivity contribution in [1.29, 1.82) is 5.26 Å². The fourth-order valence-corrected chi connectivity index (χ4v) is 9.03. The molecule has 4 amide bonds. The predicted molar refractivity (Wildman–Crippen MR) is 205 cm³/mol. The van der Waals surface area contributed by atoms with E-state index in [-0.39, 0.29) is 52.6 Å². The van der Waals surface area contributed by atoms with E-state index in [4.69, 9.17) is 6.57 Å². The maximum absolute atomic E-state index is 14.3. The van der Waals surface area contributed by atoms with Crippen LogP contribution in [0.5, 0.6) is 0 Å². The molecule has 2 aliphatic rings. The molecule has 0 fully saturated rings. The van der Waals surface area contributed by atoms with Crippen molar-refractivity contribution in [2.45, 2.75) is 91.9 Å². The molecule has 0 aliphatic carbocycles. The molecule has 2 unspecified atom stereocenters. The summed E-state index contributed by atoms with van der Waals surface area (Å²) in [5.41, 5.74) is 1.88. The van der Waals surface area contributed by atoms with Crippen LogP contribution in [-0.4, -0.2) is 46.5 Å². The Hall–Kier alpha value is -5.34. The number of fused-ring (bicyclic) bond motifs is 2. The lowest BCUT2D eigenvalue weighted by Crippen LogP contribution is -2.43. The molecule has 5 aromatic rings. The lowest BCUT2D eigenvalue weighted by Gasteiger charge is -2.33. The first-order valence-electron chi connectivity index (χ1n) is 19.0. The van der Waals surface area contributed by atoms with Crippen molar-refractivity contribution in [1.82, 2.24) is 9.80 Å². The van der Waals surface area contributed by atoms with Gasteiger partial charge in [-0.1, -0.05) is 78.4 Å². The van der Waals surface area contributed by atoms with Crippen molar-refractivity contribution in [3.05, 3.63) is 75.6 Å². The molecular weight excluding hydrogens is 649 g/mol. The van der Waals surface area contributed by atoms with Crippen molar-refractivity contribution in [3.8, 4) is 6.07 Å². The Morgan fingerprint density at radius 3 is 1.56 bits per heavy atom. The zero-order chi connectivity index (χ0) is 36.8. The van der Waals surface area contributed by atoms with Crippen LogP contribution in [0.3, 0.4) is 0 Å². The number of imide groups is 2. The summed E-state index contributed by atoms with van der Waals surface area (Å²) >= 11 is 0. The van der Waals surface area contributed by atoms with Gasteiger partial charge < -0.3 is 0 Å². The average Bonchev–Trinajstić information content (AvgIpc) is 3.16. The number of amides is 4. The van der Waals surface area contributed by atoms with E-state index in [0.717, 1.165) is 64.2 Å². The van der Waals surface area contributed by atoms with Gasteiger partial charge in [0, 0.05) is 51.5 Å². The first-order valence-corrected chi connectivity index (χ1v) is 19.0. The Balaban J connectivity index is 1.46. The number of benzene rings is 5. The monoisotopic (exact) mass is 692 g/mol. The van der Waals surface area contributed by atoms with Gasteiger partial charge in [0.05, 0.1) is 18.2 Å². The molecule has 0 bridgehead atoms. The third-order valence-corrected chi connectivity index (χ3v) is 11.4. The second-order valence-electron chi connectivity index (χ2n) is 14.7. The van der Waals surface area contributed by atoms with Gasteiger partial charge in [0.1, 0.15) is 0 Å². The second-order valence-corrected chi connectivity index (χ2v) is 14.7. The number of carbonyl (C=O) groups is 4. The van der Waals surface area contributed by atoms with Crippen LogP contribution in [0, 0.1) is 29.7 Å². The summed E-state index contributed by atoms with van der Waals surface area (Å²) in [6.45, 7) is 17.4. The molecule has 8 nitrogen and oxygen atoms in total. The maximum atomic E-state index is 14.3. The third-order valence-electron chi connectivity index (χ3n) is 11.4. The summed E-state index contributed by atoms with van der Waals surface area (Å²) in [6.07, 6.45) is 9.68. The van der Waals surface area contributed by atoms with Crippen molar-refractivity contribution in [2.24, 2.45) is 11.8 Å². The molecule has 264 valence electrons. The summed E-state index contributed by atoms with van der Waals surface area (Å²) in [6, 6.07) is 12.6. The first kappa shape index (κ1) is 35.1. The molecule has 0 N–H and O–H groups in total. The summed E-state index contributed by atoms with van der Waals surface area (Å²) in [5.74, 6) is -1.14. The lowest BCUT2D eigenvalue weighted by atomic mass is 9.80. The molecule has 8 heteroatoms. The Morgan fingerprint density at radius 1 is 0.596 bits per heavy atom. The van der Waals surface area contributed by atoms with E-state index in [1.165, 1.54) is 9.80 Å². The standard InChI is InChI=1S/C44H44N4O4/c1-6-10-14-25(12-8-3)23-47-41(49)30-18-16-28-35-27(22-45)20-32-38-33(44(52)48(43(32)51)24-26(13-9-4)15-11-7-2)21-34(46-5)39(40(35)38)29-17-19-31(42(47)50)37(30)36(28)29/h16-21,25-26H,6-15,23-24H2,1-4H3. The number of nitriles is 1. The van der Waals surface area contributed by atoms with E-state index in [0.29, 0.717) is 60.8 Å². The third kappa shape index (κ3) is 5.31. The number of nitrogens with zero attached hydrogens (tertiary/aromatic N) is 4. The van der Waals surface area contributed by atoms with Crippen LogP contribution >= 0.6 is 0 Å². The Labute approximate surface area is 304 Å². The number of rotatable bonds is 14. The SMILES string of the molecule is [C-]#[N+]c1cc2c3c(cc(C#N)c4c5ccc6c7c(ccc(c1c34)c75)C(=O)N(CC(CCC)CCCC)C6=O)C(=O)N(CC(CCC)CCCC)C2=O. The summed E-state index contributed by atoms with van der Waals surface area (Å²) in [7, 11) is 0. The van der Waals surface area contributed by atoms with Crippen LogP contribution in [0.15, 0.2) is 36.4 Å².